The Kier molecular flexibility index (Phi) is 3.45. The lowest BCUT2D eigenvalue weighted by Gasteiger charge is -2.20. The fourth-order valence-electron chi connectivity index (χ4n) is 0.812. The van der Waals surface area contributed by atoms with Gasteiger partial charge in [0.15, 0.2) is 11.9 Å². The number of halogens is 1. The van der Waals surface area contributed by atoms with E-state index in [-0.39, 0.29) is 5.11 Å². The van der Waals surface area contributed by atoms with Gasteiger partial charge < -0.3 is 5.73 Å². The summed E-state index contributed by atoms with van der Waals surface area (Å²) in [5.41, 5.74) is 8.71. The van der Waals surface area contributed by atoms with Crippen molar-refractivity contribution in [3.05, 3.63) is 30.3 Å². The molecule has 0 radical (unpaired) electrons. The smallest absolute Gasteiger partial charge is 0.187 e. The Morgan fingerprint density at radius 3 is 2.54 bits per heavy atom. The average Bonchev–Trinajstić information content (AvgIpc) is 2.15. The van der Waals surface area contributed by atoms with Gasteiger partial charge in [-0.2, -0.15) is 0 Å². The molecule has 1 rings (SSSR count). The van der Waals surface area contributed by atoms with Gasteiger partial charge in [0.1, 0.15) is 0 Å². The largest absolute Gasteiger partial charge is 0.375 e. The number of anilines is 1. The lowest BCUT2D eigenvalue weighted by molar-refractivity contribution is 0.319. The van der Waals surface area contributed by atoms with Crippen LogP contribution in [0, 0.1) is 0 Å². The second-order valence-electron chi connectivity index (χ2n) is 2.36. The monoisotopic (exact) mass is 199 g/mol. The number of nitrogens with one attached hydrogen (secondary N) is 1. The molecule has 0 amide bonds. The molecule has 0 saturated carbocycles. The van der Waals surface area contributed by atoms with Crippen LogP contribution >= 0.6 is 12.2 Å². The third-order valence-corrected chi connectivity index (χ3v) is 1.64. The number of nitrogens with two attached hydrogens (primary N) is 1. The zero-order valence-corrected chi connectivity index (χ0v) is 7.72. The van der Waals surface area contributed by atoms with Gasteiger partial charge in [-0.3, -0.25) is 5.43 Å². The van der Waals surface area contributed by atoms with Gasteiger partial charge in [-0.15, -0.1) is 0 Å². The number of hydrogen-bond donors (Lipinski definition) is 2. The number of rotatable bonds is 3. The molecular formula is C8H10FN3S. The molecule has 0 heterocycles. The summed E-state index contributed by atoms with van der Waals surface area (Å²) in [6.07, 6.45) is 0. The van der Waals surface area contributed by atoms with Crippen molar-refractivity contribution in [1.82, 2.24) is 5.01 Å². The van der Waals surface area contributed by atoms with Crippen LogP contribution in [0.25, 0.3) is 0 Å². The van der Waals surface area contributed by atoms with Crippen molar-refractivity contribution in [3.63, 3.8) is 0 Å². The SMILES string of the molecule is NC(=S)N(CF)Nc1ccccc1. The van der Waals surface area contributed by atoms with E-state index in [9.17, 15) is 4.39 Å². The number of hydrogen-bond acceptors (Lipinski definition) is 2. The molecule has 1 aromatic rings. The standard InChI is InChI=1S/C8H10FN3S/c9-6-12(8(10)13)11-7-4-2-1-3-5-7/h1-5,11H,6H2,(H2,10,13). The van der Waals surface area contributed by atoms with E-state index in [2.05, 4.69) is 17.6 Å². The van der Waals surface area contributed by atoms with Gasteiger partial charge in [0.05, 0.1) is 5.69 Å². The zero-order chi connectivity index (χ0) is 9.68. The predicted octanol–water partition coefficient (Wildman–Crippen LogP) is 1.49. The van der Waals surface area contributed by atoms with Gasteiger partial charge in [0.25, 0.3) is 0 Å². The third kappa shape index (κ3) is 2.87. The maximum atomic E-state index is 12.3. The first kappa shape index (κ1) is 9.73. The summed E-state index contributed by atoms with van der Waals surface area (Å²) in [4.78, 5) is 0. The molecule has 0 aliphatic carbocycles. The molecule has 0 aliphatic heterocycles. The van der Waals surface area contributed by atoms with Crippen molar-refractivity contribution in [2.75, 3.05) is 12.2 Å². The second kappa shape index (κ2) is 4.61. The molecule has 0 bridgehead atoms. The molecule has 1 aromatic carbocycles. The molecular weight excluding hydrogens is 189 g/mol. The van der Waals surface area contributed by atoms with E-state index in [1.54, 1.807) is 12.1 Å². The van der Waals surface area contributed by atoms with E-state index in [0.29, 0.717) is 0 Å². The number of para-hydroxylation sites is 1. The second-order valence-corrected chi connectivity index (χ2v) is 2.78. The van der Waals surface area contributed by atoms with Crippen molar-refractivity contribution >= 4 is 23.0 Å². The molecule has 3 nitrogen and oxygen atoms in total. The molecule has 0 aromatic heterocycles. The number of hydrazine groups is 1. The number of thiocarbonyl (C=S) groups is 1. The molecule has 0 unspecified atom stereocenters. The third-order valence-electron chi connectivity index (χ3n) is 1.42. The molecule has 0 spiro atoms. The quantitative estimate of drug-likeness (QED) is 0.439. The van der Waals surface area contributed by atoms with Gasteiger partial charge in [0, 0.05) is 0 Å². The van der Waals surface area contributed by atoms with Crippen molar-refractivity contribution in [3.8, 4) is 0 Å². The van der Waals surface area contributed by atoms with E-state index >= 15 is 0 Å². The van der Waals surface area contributed by atoms with Crippen LogP contribution in [-0.2, 0) is 0 Å². The van der Waals surface area contributed by atoms with Crippen LogP contribution in [0.3, 0.4) is 0 Å². The zero-order valence-electron chi connectivity index (χ0n) is 6.90. The molecule has 0 fully saturated rings. The topological polar surface area (TPSA) is 41.3 Å². The highest BCUT2D eigenvalue weighted by atomic mass is 32.1. The lowest BCUT2D eigenvalue weighted by atomic mass is 10.3. The molecule has 0 saturated heterocycles. The van der Waals surface area contributed by atoms with Crippen LogP contribution in [-0.4, -0.2) is 16.9 Å². The minimum Gasteiger partial charge on any atom is -0.375 e. The van der Waals surface area contributed by atoms with Crippen molar-refractivity contribution in [2.24, 2.45) is 5.73 Å². The first-order chi connectivity index (χ1) is 6.24. The highest BCUT2D eigenvalue weighted by Crippen LogP contribution is 2.06. The Balaban J connectivity index is 2.62. The normalized spacial score (nSPS) is 9.31. The fourth-order valence-corrected chi connectivity index (χ4v) is 0.907. The summed E-state index contributed by atoms with van der Waals surface area (Å²) in [5, 5.41) is 1.02. The van der Waals surface area contributed by atoms with Gasteiger partial charge in [-0.05, 0) is 24.4 Å². The Morgan fingerprint density at radius 2 is 2.08 bits per heavy atom. The van der Waals surface area contributed by atoms with Gasteiger partial charge >= 0.3 is 0 Å². The summed E-state index contributed by atoms with van der Waals surface area (Å²) >= 11 is 4.62. The highest BCUT2D eigenvalue weighted by Gasteiger charge is 2.03. The first-order valence-corrected chi connectivity index (χ1v) is 4.09. The molecule has 13 heavy (non-hydrogen) atoms. The predicted molar refractivity (Wildman–Crippen MR) is 54.7 cm³/mol. The molecule has 70 valence electrons. The van der Waals surface area contributed by atoms with Gasteiger partial charge in [-0.1, -0.05) is 18.2 Å². The summed E-state index contributed by atoms with van der Waals surface area (Å²) in [7, 11) is 0. The Bertz CT molecular complexity index is 278. The van der Waals surface area contributed by atoms with Crippen LogP contribution in [0.4, 0.5) is 10.1 Å². The van der Waals surface area contributed by atoms with E-state index in [1.165, 1.54) is 0 Å². The van der Waals surface area contributed by atoms with Gasteiger partial charge in [0.2, 0.25) is 0 Å². The number of alkyl halides is 1. The highest BCUT2D eigenvalue weighted by molar-refractivity contribution is 7.80. The van der Waals surface area contributed by atoms with Crippen molar-refractivity contribution in [1.29, 1.82) is 0 Å². The van der Waals surface area contributed by atoms with Crippen LogP contribution in [0.15, 0.2) is 30.3 Å². The number of benzene rings is 1. The average molecular weight is 199 g/mol. The summed E-state index contributed by atoms with van der Waals surface area (Å²) in [5.74, 6) is 0. The molecule has 5 heteroatoms. The summed E-state index contributed by atoms with van der Waals surface area (Å²) in [6, 6.07) is 9.12. The van der Waals surface area contributed by atoms with Crippen LogP contribution in [0.1, 0.15) is 0 Å². The van der Waals surface area contributed by atoms with Crippen LogP contribution in [0.2, 0.25) is 0 Å². The number of nitrogens with zero attached hydrogens (tertiary/aromatic N) is 1. The maximum absolute atomic E-state index is 12.3. The first-order valence-electron chi connectivity index (χ1n) is 3.68. The molecule has 0 atom stereocenters. The summed E-state index contributed by atoms with van der Waals surface area (Å²) in [6.45, 7) is -0.760. The fraction of sp³-hybridized carbons (Fsp3) is 0.125. The van der Waals surface area contributed by atoms with Crippen molar-refractivity contribution < 1.29 is 4.39 Å². The van der Waals surface area contributed by atoms with Crippen LogP contribution in [0.5, 0.6) is 0 Å². The Morgan fingerprint density at radius 1 is 1.46 bits per heavy atom. The maximum Gasteiger partial charge on any atom is 0.187 e. The van der Waals surface area contributed by atoms with Crippen LogP contribution < -0.4 is 11.2 Å². The van der Waals surface area contributed by atoms with E-state index < -0.39 is 6.80 Å². The minimum absolute atomic E-state index is 0.0219. The van der Waals surface area contributed by atoms with E-state index in [4.69, 9.17) is 5.73 Å². The molecule has 0 aliphatic rings. The summed E-state index contributed by atoms with van der Waals surface area (Å²) < 4.78 is 12.3. The van der Waals surface area contributed by atoms with Gasteiger partial charge in [-0.25, -0.2) is 9.40 Å². The lowest BCUT2D eigenvalue weighted by Crippen LogP contribution is -2.39. The minimum atomic E-state index is -0.760. The Labute approximate surface area is 81.3 Å². The molecule has 3 N–H and O–H groups in total. The van der Waals surface area contributed by atoms with E-state index in [0.717, 1.165) is 10.7 Å². The van der Waals surface area contributed by atoms with Crippen molar-refractivity contribution in [2.45, 2.75) is 0 Å². The Hall–Kier alpha value is -1.36. The van der Waals surface area contributed by atoms with E-state index in [1.807, 2.05) is 18.2 Å².